The summed E-state index contributed by atoms with van der Waals surface area (Å²) in [5, 5.41) is 8.89. The van der Waals surface area contributed by atoms with Crippen molar-refractivity contribution in [2.24, 2.45) is 5.14 Å². The largest absolute Gasteiger partial charge is 0.257 e. The Bertz CT molecular complexity index is 587. The molecule has 0 unspecified atom stereocenters. The number of hydrogen-bond donors (Lipinski definition) is 1. The molecule has 2 rings (SSSR count). The molecule has 0 fully saturated rings. The molecule has 0 radical (unpaired) electrons. The number of aromatic nitrogens is 3. The van der Waals surface area contributed by atoms with Gasteiger partial charge in [0.15, 0.2) is 5.03 Å². The van der Waals surface area contributed by atoms with E-state index in [1.807, 2.05) is 0 Å². The van der Waals surface area contributed by atoms with Crippen molar-refractivity contribution in [3.63, 3.8) is 0 Å². The molecule has 2 aromatic rings. The summed E-state index contributed by atoms with van der Waals surface area (Å²) >= 11 is 0. The molecular formula is C7H8N4O2S. The van der Waals surface area contributed by atoms with Crippen LogP contribution in [0.5, 0.6) is 0 Å². The van der Waals surface area contributed by atoms with Gasteiger partial charge in [0.05, 0.1) is 5.69 Å². The first-order valence-electron chi connectivity index (χ1n) is 3.82. The van der Waals surface area contributed by atoms with Crippen LogP contribution in [0.15, 0.2) is 23.5 Å². The maximum Gasteiger partial charge on any atom is 0.257 e. The molecule has 0 aliphatic heterocycles. The normalized spacial score (nSPS) is 12.1. The van der Waals surface area contributed by atoms with Gasteiger partial charge in [0.25, 0.3) is 10.0 Å². The third-order valence-corrected chi connectivity index (χ3v) is 2.60. The SMILES string of the molecule is Cc1cc2c(S(N)(=O)=O)nccn2n1. The minimum Gasteiger partial charge on any atom is -0.240 e. The molecule has 0 saturated heterocycles. The molecule has 0 bridgehead atoms. The lowest BCUT2D eigenvalue weighted by atomic mass is 10.4. The van der Waals surface area contributed by atoms with Crippen molar-refractivity contribution in [3.8, 4) is 0 Å². The lowest BCUT2D eigenvalue weighted by molar-refractivity contribution is 0.594. The van der Waals surface area contributed by atoms with Crippen molar-refractivity contribution in [3.05, 3.63) is 24.2 Å². The number of nitrogens with zero attached hydrogens (tertiary/aromatic N) is 3. The van der Waals surface area contributed by atoms with Crippen LogP contribution >= 0.6 is 0 Å². The Hall–Kier alpha value is -1.47. The number of sulfonamides is 1. The van der Waals surface area contributed by atoms with E-state index < -0.39 is 10.0 Å². The summed E-state index contributed by atoms with van der Waals surface area (Å²) in [6, 6.07) is 1.62. The van der Waals surface area contributed by atoms with E-state index in [2.05, 4.69) is 10.1 Å². The van der Waals surface area contributed by atoms with Crippen molar-refractivity contribution in [1.29, 1.82) is 0 Å². The van der Waals surface area contributed by atoms with Gasteiger partial charge in [0.2, 0.25) is 0 Å². The van der Waals surface area contributed by atoms with E-state index in [1.54, 1.807) is 19.2 Å². The predicted octanol–water partition coefficient (Wildman–Crippen LogP) is -0.315. The fourth-order valence-corrected chi connectivity index (χ4v) is 1.89. The Morgan fingerprint density at radius 3 is 2.86 bits per heavy atom. The molecule has 74 valence electrons. The van der Waals surface area contributed by atoms with E-state index in [0.29, 0.717) is 11.2 Å². The van der Waals surface area contributed by atoms with Crippen LogP contribution < -0.4 is 5.14 Å². The standard InChI is InChI=1S/C7H8N4O2S/c1-5-4-6-7(14(8,12)13)9-2-3-11(6)10-5/h2-4H,1H3,(H2,8,12,13). The maximum absolute atomic E-state index is 11.1. The Morgan fingerprint density at radius 2 is 2.21 bits per heavy atom. The summed E-state index contributed by atoms with van der Waals surface area (Å²) in [6.45, 7) is 1.76. The zero-order valence-electron chi connectivity index (χ0n) is 7.38. The van der Waals surface area contributed by atoms with Crippen LogP contribution in [0.25, 0.3) is 5.52 Å². The monoisotopic (exact) mass is 212 g/mol. The average molecular weight is 212 g/mol. The highest BCUT2D eigenvalue weighted by molar-refractivity contribution is 7.89. The molecule has 0 aliphatic rings. The minimum absolute atomic E-state index is 0.152. The number of nitrogens with two attached hydrogens (primary N) is 1. The predicted molar refractivity (Wildman–Crippen MR) is 49.1 cm³/mol. The second kappa shape index (κ2) is 2.76. The maximum atomic E-state index is 11.1. The van der Waals surface area contributed by atoms with Crippen LogP contribution in [-0.4, -0.2) is 23.0 Å². The highest BCUT2D eigenvalue weighted by atomic mass is 32.2. The third kappa shape index (κ3) is 1.36. The van der Waals surface area contributed by atoms with Gasteiger partial charge in [0, 0.05) is 12.4 Å². The van der Waals surface area contributed by atoms with Crippen LogP contribution in [0.1, 0.15) is 5.69 Å². The topological polar surface area (TPSA) is 90.4 Å². The van der Waals surface area contributed by atoms with Gasteiger partial charge in [-0.15, -0.1) is 0 Å². The first kappa shape index (κ1) is 9.10. The fourth-order valence-electron chi connectivity index (χ4n) is 1.24. The summed E-state index contributed by atoms with van der Waals surface area (Å²) in [7, 11) is -3.79. The van der Waals surface area contributed by atoms with Gasteiger partial charge in [-0.2, -0.15) is 5.10 Å². The van der Waals surface area contributed by atoms with Crippen LogP contribution in [0.4, 0.5) is 0 Å². The van der Waals surface area contributed by atoms with Crippen LogP contribution in [-0.2, 0) is 10.0 Å². The highest BCUT2D eigenvalue weighted by Crippen LogP contribution is 2.12. The third-order valence-electron chi connectivity index (χ3n) is 1.75. The summed E-state index contributed by atoms with van der Waals surface area (Å²) in [5.41, 5.74) is 1.11. The van der Waals surface area contributed by atoms with E-state index in [0.717, 1.165) is 0 Å². The summed E-state index contributed by atoms with van der Waals surface area (Å²) in [5.74, 6) is 0. The molecule has 6 nitrogen and oxygen atoms in total. The van der Waals surface area contributed by atoms with Crippen molar-refractivity contribution >= 4 is 15.5 Å². The van der Waals surface area contributed by atoms with E-state index in [1.165, 1.54) is 10.7 Å². The van der Waals surface area contributed by atoms with Gasteiger partial charge in [-0.3, -0.25) is 0 Å². The van der Waals surface area contributed by atoms with Crippen molar-refractivity contribution in [2.75, 3.05) is 0 Å². The average Bonchev–Trinajstić information content (AvgIpc) is 2.41. The van der Waals surface area contributed by atoms with Crippen LogP contribution in [0.3, 0.4) is 0 Å². The number of hydrogen-bond acceptors (Lipinski definition) is 4. The molecule has 0 aliphatic carbocycles. The number of aryl methyl sites for hydroxylation is 1. The van der Waals surface area contributed by atoms with Crippen molar-refractivity contribution < 1.29 is 8.42 Å². The zero-order chi connectivity index (χ0) is 10.3. The van der Waals surface area contributed by atoms with E-state index >= 15 is 0 Å². The quantitative estimate of drug-likeness (QED) is 0.701. The second-order valence-electron chi connectivity index (χ2n) is 2.89. The second-order valence-corrected chi connectivity index (χ2v) is 4.37. The van der Waals surface area contributed by atoms with Gasteiger partial charge < -0.3 is 0 Å². The first-order chi connectivity index (χ1) is 6.48. The molecule has 2 aromatic heterocycles. The van der Waals surface area contributed by atoms with Crippen LogP contribution in [0, 0.1) is 6.92 Å². The summed E-state index contributed by atoms with van der Waals surface area (Å²) in [4.78, 5) is 3.72. The lowest BCUT2D eigenvalue weighted by Crippen LogP contribution is -2.15. The van der Waals surface area contributed by atoms with Gasteiger partial charge in [-0.25, -0.2) is 23.1 Å². The first-order valence-corrected chi connectivity index (χ1v) is 5.37. The molecule has 2 heterocycles. The van der Waals surface area contributed by atoms with Gasteiger partial charge >= 0.3 is 0 Å². The van der Waals surface area contributed by atoms with Crippen molar-refractivity contribution in [1.82, 2.24) is 14.6 Å². The van der Waals surface area contributed by atoms with Crippen molar-refractivity contribution in [2.45, 2.75) is 11.9 Å². The minimum atomic E-state index is -3.79. The molecule has 2 N–H and O–H groups in total. The molecule has 14 heavy (non-hydrogen) atoms. The Balaban J connectivity index is 2.90. The molecule has 7 heteroatoms. The Kier molecular flexibility index (Phi) is 1.79. The summed E-state index contributed by atoms with van der Waals surface area (Å²) in [6.07, 6.45) is 2.91. The molecule has 0 amide bonds. The van der Waals surface area contributed by atoms with Gasteiger partial charge in [0.1, 0.15) is 5.52 Å². The van der Waals surface area contributed by atoms with E-state index in [4.69, 9.17) is 5.14 Å². The summed E-state index contributed by atoms with van der Waals surface area (Å²) < 4.78 is 23.7. The smallest absolute Gasteiger partial charge is 0.240 e. The molecule has 0 spiro atoms. The van der Waals surface area contributed by atoms with E-state index in [9.17, 15) is 8.42 Å². The van der Waals surface area contributed by atoms with E-state index in [-0.39, 0.29) is 5.03 Å². The lowest BCUT2D eigenvalue weighted by Gasteiger charge is -1.98. The Morgan fingerprint density at radius 1 is 1.50 bits per heavy atom. The molecule has 0 aromatic carbocycles. The number of fused-ring (bicyclic) bond motifs is 1. The molecule has 0 saturated carbocycles. The fraction of sp³-hybridized carbons (Fsp3) is 0.143. The van der Waals surface area contributed by atoms with Gasteiger partial charge in [-0.05, 0) is 13.0 Å². The zero-order valence-corrected chi connectivity index (χ0v) is 8.19. The van der Waals surface area contributed by atoms with Gasteiger partial charge in [-0.1, -0.05) is 0 Å². The number of rotatable bonds is 1. The Labute approximate surface area is 80.4 Å². The molecule has 0 atom stereocenters. The number of primary sulfonamides is 1. The molecular weight excluding hydrogens is 204 g/mol. The van der Waals surface area contributed by atoms with Crippen LogP contribution in [0.2, 0.25) is 0 Å². The highest BCUT2D eigenvalue weighted by Gasteiger charge is 2.15.